The van der Waals surface area contributed by atoms with Crippen molar-refractivity contribution >= 4 is 29.2 Å². The van der Waals surface area contributed by atoms with E-state index in [2.05, 4.69) is 38.3 Å². The van der Waals surface area contributed by atoms with Crippen molar-refractivity contribution in [3.8, 4) is 0 Å². The quantitative estimate of drug-likeness (QED) is 0.502. The highest BCUT2D eigenvalue weighted by Gasteiger charge is 2.49. The van der Waals surface area contributed by atoms with Crippen LogP contribution in [0.15, 0.2) is 0 Å². The summed E-state index contributed by atoms with van der Waals surface area (Å²) in [6, 6.07) is 0.647. The van der Waals surface area contributed by atoms with Gasteiger partial charge in [0.1, 0.15) is 4.32 Å². The van der Waals surface area contributed by atoms with Gasteiger partial charge in [-0.1, -0.05) is 33.0 Å². The van der Waals surface area contributed by atoms with Crippen molar-refractivity contribution in [2.75, 3.05) is 6.54 Å². The molecule has 1 aliphatic carbocycles. The number of fused-ring (bicyclic) bond motifs is 2. The summed E-state index contributed by atoms with van der Waals surface area (Å²) in [4.78, 5) is 2.33. The first-order chi connectivity index (χ1) is 6.31. The van der Waals surface area contributed by atoms with Crippen LogP contribution in [0.5, 0.6) is 0 Å². The van der Waals surface area contributed by atoms with Gasteiger partial charge in [-0.05, 0) is 30.1 Å². The largest absolute Gasteiger partial charge is 0.354 e. The van der Waals surface area contributed by atoms with Crippen LogP contribution in [0.4, 0.5) is 0 Å². The molecular weight excluding hydrogens is 210 g/mol. The van der Waals surface area contributed by atoms with Gasteiger partial charge in [-0.25, -0.2) is 0 Å². The Morgan fingerprint density at radius 3 is 2.57 bits per heavy atom. The lowest BCUT2D eigenvalue weighted by molar-refractivity contribution is 0.133. The first-order valence-electron chi connectivity index (χ1n) is 5.31. The Balaban J connectivity index is 2.23. The monoisotopic (exact) mass is 229 g/mol. The third-order valence-corrected chi connectivity index (χ3v) is 4.15. The number of hydrogen-bond acceptors (Lipinski definition) is 1. The Bertz CT molecular complexity index is 274. The van der Waals surface area contributed by atoms with E-state index in [1.165, 1.54) is 19.3 Å². The molecule has 0 radical (unpaired) electrons. The minimum absolute atomic E-state index is 0.471. The predicted octanol–water partition coefficient (Wildman–Crippen LogP) is 3.10. The van der Waals surface area contributed by atoms with Gasteiger partial charge in [-0.15, -0.1) is 12.6 Å². The number of likely N-dealkylation sites (tertiary alicyclic amines) is 1. The molecule has 1 heterocycles. The van der Waals surface area contributed by atoms with Gasteiger partial charge >= 0.3 is 0 Å². The summed E-state index contributed by atoms with van der Waals surface area (Å²) < 4.78 is 0.788. The molecule has 0 spiro atoms. The number of nitrogens with zero attached hydrogens (tertiary/aromatic N) is 1. The molecule has 1 aliphatic heterocycles. The summed E-state index contributed by atoms with van der Waals surface area (Å²) in [5, 5.41) is 0. The second kappa shape index (κ2) is 3.11. The maximum Gasteiger partial charge on any atom is 0.133 e. The van der Waals surface area contributed by atoms with Gasteiger partial charge in [0, 0.05) is 12.6 Å². The number of thiol groups is 1. The normalized spacial score (nSPS) is 40.0. The fourth-order valence-electron chi connectivity index (χ4n) is 3.68. The number of rotatable bonds is 0. The van der Waals surface area contributed by atoms with Gasteiger partial charge in [0.25, 0.3) is 0 Å². The lowest BCUT2D eigenvalue weighted by Gasteiger charge is -2.39. The second-order valence-electron chi connectivity index (χ2n) is 6.12. The lowest BCUT2D eigenvalue weighted by Crippen LogP contribution is -2.35. The van der Waals surface area contributed by atoms with Crippen LogP contribution >= 0.6 is 24.8 Å². The zero-order valence-electron chi connectivity index (χ0n) is 9.21. The zero-order valence-corrected chi connectivity index (χ0v) is 10.9. The Hall–Kier alpha value is 0.240. The fourth-order valence-corrected chi connectivity index (χ4v) is 4.13. The molecule has 2 fully saturated rings. The van der Waals surface area contributed by atoms with Crippen LogP contribution in [0, 0.1) is 10.8 Å². The van der Waals surface area contributed by atoms with Crippen LogP contribution in [0.3, 0.4) is 0 Å². The molecular formula is C11H19NS2. The van der Waals surface area contributed by atoms with Crippen LogP contribution in [-0.2, 0) is 0 Å². The van der Waals surface area contributed by atoms with Gasteiger partial charge in [0.15, 0.2) is 0 Å². The van der Waals surface area contributed by atoms with Crippen molar-refractivity contribution < 1.29 is 0 Å². The molecule has 3 heteroatoms. The molecule has 0 amide bonds. The molecule has 1 saturated carbocycles. The molecule has 1 nitrogen and oxygen atoms in total. The third-order valence-electron chi connectivity index (χ3n) is 3.66. The van der Waals surface area contributed by atoms with Crippen molar-refractivity contribution in [3.63, 3.8) is 0 Å². The van der Waals surface area contributed by atoms with E-state index in [0.717, 1.165) is 10.9 Å². The van der Waals surface area contributed by atoms with E-state index in [9.17, 15) is 0 Å². The highest BCUT2D eigenvalue weighted by molar-refractivity contribution is 8.10. The molecule has 0 aromatic rings. The number of hydrogen-bond donors (Lipinski definition) is 1. The van der Waals surface area contributed by atoms with Gasteiger partial charge < -0.3 is 4.90 Å². The summed E-state index contributed by atoms with van der Waals surface area (Å²) in [6.45, 7) is 8.27. The van der Waals surface area contributed by atoms with Gasteiger partial charge in [-0.3, -0.25) is 0 Å². The maximum atomic E-state index is 5.19. The first-order valence-corrected chi connectivity index (χ1v) is 6.17. The maximum absolute atomic E-state index is 5.19. The molecule has 2 bridgehead atoms. The van der Waals surface area contributed by atoms with Gasteiger partial charge in [0.2, 0.25) is 0 Å². The fraction of sp³-hybridized carbons (Fsp3) is 0.909. The van der Waals surface area contributed by atoms with E-state index >= 15 is 0 Å². The molecule has 2 atom stereocenters. The van der Waals surface area contributed by atoms with Gasteiger partial charge in [-0.2, -0.15) is 0 Å². The Labute approximate surface area is 97.7 Å². The standard InChI is InChI=1S/C11H19NS2/c1-10(2)4-8-5-11(3,6-10)7-12(8)9(13)14/h8H,4-7H2,1-3H3,(H,13,14). The first kappa shape index (κ1) is 10.7. The highest BCUT2D eigenvalue weighted by Crippen LogP contribution is 2.52. The van der Waals surface area contributed by atoms with Crippen LogP contribution in [0.2, 0.25) is 0 Å². The van der Waals surface area contributed by atoms with Crippen molar-refractivity contribution in [1.29, 1.82) is 0 Å². The Kier molecular flexibility index (Phi) is 2.39. The van der Waals surface area contributed by atoms with Crippen molar-refractivity contribution in [1.82, 2.24) is 4.90 Å². The van der Waals surface area contributed by atoms with Crippen LogP contribution in [0.25, 0.3) is 0 Å². The highest BCUT2D eigenvalue weighted by atomic mass is 32.1. The molecule has 2 aliphatic rings. The number of thiocarbonyl (C=S) groups is 1. The van der Waals surface area contributed by atoms with E-state index in [1.807, 2.05) is 0 Å². The van der Waals surface area contributed by atoms with Crippen molar-refractivity contribution in [3.05, 3.63) is 0 Å². The summed E-state index contributed by atoms with van der Waals surface area (Å²) in [5.74, 6) is 0. The van der Waals surface area contributed by atoms with Crippen molar-refractivity contribution in [2.45, 2.75) is 46.1 Å². The Morgan fingerprint density at radius 2 is 2.00 bits per heavy atom. The average molecular weight is 229 g/mol. The van der Waals surface area contributed by atoms with E-state index in [4.69, 9.17) is 12.2 Å². The minimum Gasteiger partial charge on any atom is -0.354 e. The van der Waals surface area contributed by atoms with E-state index in [-0.39, 0.29) is 0 Å². The summed E-state index contributed by atoms with van der Waals surface area (Å²) in [6.07, 6.45) is 3.89. The molecule has 0 N–H and O–H groups in total. The minimum atomic E-state index is 0.471. The Morgan fingerprint density at radius 1 is 1.36 bits per heavy atom. The topological polar surface area (TPSA) is 3.24 Å². The van der Waals surface area contributed by atoms with Crippen LogP contribution in [-0.4, -0.2) is 21.8 Å². The summed E-state index contributed by atoms with van der Waals surface area (Å²) >= 11 is 9.52. The van der Waals surface area contributed by atoms with Gasteiger partial charge in [0.05, 0.1) is 0 Å². The third kappa shape index (κ3) is 1.81. The van der Waals surface area contributed by atoms with Crippen molar-refractivity contribution in [2.24, 2.45) is 10.8 Å². The summed E-state index contributed by atoms with van der Waals surface area (Å²) in [7, 11) is 0. The molecule has 1 saturated heterocycles. The van der Waals surface area contributed by atoms with E-state index < -0.39 is 0 Å². The second-order valence-corrected chi connectivity index (χ2v) is 7.24. The van der Waals surface area contributed by atoms with E-state index in [1.54, 1.807) is 0 Å². The zero-order chi connectivity index (χ0) is 10.6. The van der Waals surface area contributed by atoms with Crippen LogP contribution < -0.4 is 0 Å². The van der Waals surface area contributed by atoms with E-state index in [0.29, 0.717) is 16.9 Å². The average Bonchev–Trinajstić information content (AvgIpc) is 2.19. The molecule has 0 aromatic heterocycles. The molecule has 2 unspecified atom stereocenters. The lowest BCUT2D eigenvalue weighted by atomic mass is 9.65. The predicted molar refractivity (Wildman–Crippen MR) is 67.8 cm³/mol. The molecule has 80 valence electrons. The smallest absolute Gasteiger partial charge is 0.133 e. The molecule has 14 heavy (non-hydrogen) atoms. The molecule has 2 rings (SSSR count). The van der Waals surface area contributed by atoms with Crippen LogP contribution in [0.1, 0.15) is 40.0 Å². The SMILES string of the molecule is CC1(C)CC2CC(C)(CN2C(=S)S)C1. The summed E-state index contributed by atoms with van der Waals surface area (Å²) in [5.41, 5.74) is 0.949. The molecule has 0 aromatic carbocycles.